The van der Waals surface area contributed by atoms with E-state index in [9.17, 15) is 24.3 Å². The summed E-state index contributed by atoms with van der Waals surface area (Å²) in [6.07, 6.45) is 0.258. The zero-order chi connectivity index (χ0) is 21.3. The molecule has 0 spiro atoms. The van der Waals surface area contributed by atoms with Gasteiger partial charge in [-0.3, -0.25) is 14.4 Å². The predicted octanol–water partition coefficient (Wildman–Crippen LogP) is -0.495. The van der Waals surface area contributed by atoms with Crippen LogP contribution in [0, 0.1) is 11.8 Å². The first-order chi connectivity index (χ1) is 12.4. The second-order valence-electron chi connectivity index (χ2n) is 7.27. The van der Waals surface area contributed by atoms with Crippen molar-refractivity contribution in [3.05, 3.63) is 0 Å². The fraction of sp³-hybridized carbons (Fsp3) is 0.765. The molecule has 0 heterocycles. The average Bonchev–Trinajstić information content (AvgIpc) is 2.56. The van der Waals surface area contributed by atoms with Gasteiger partial charge in [-0.15, -0.1) is 0 Å². The molecule has 0 aromatic carbocycles. The summed E-state index contributed by atoms with van der Waals surface area (Å²) in [5.41, 5.74) is 5.73. The molecule has 0 fully saturated rings. The number of carbonyl (C=O) groups is 4. The molecule has 10 heteroatoms. The molecule has 0 aromatic heterocycles. The molecule has 0 saturated heterocycles. The fourth-order valence-electron chi connectivity index (χ4n) is 2.13. The summed E-state index contributed by atoms with van der Waals surface area (Å²) in [5.74, 6) is -2.92. The molecule has 27 heavy (non-hydrogen) atoms. The Morgan fingerprint density at radius 1 is 0.889 bits per heavy atom. The number of carboxylic acid groups (broad SMARTS) is 1. The standard InChI is InChI=1S/C17H32N4O5S/c1-8(2)6-11(17(25)26)20-15(23)12(7-27)21-14(22)10(5)19-16(24)13(18)9(3)4/h8-13,27H,6-7,18H2,1-5H3,(H,19,24)(H,20,23)(H,21,22)(H,25,26)/t10-,11-,12-,13-/m0/s1. The van der Waals surface area contributed by atoms with Gasteiger partial charge < -0.3 is 26.8 Å². The molecule has 0 aromatic rings. The highest BCUT2D eigenvalue weighted by Crippen LogP contribution is 2.06. The number of carboxylic acids is 1. The van der Waals surface area contributed by atoms with Crippen LogP contribution in [0.2, 0.25) is 0 Å². The highest BCUT2D eigenvalue weighted by molar-refractivity contribution is 7.80. The molecule has 0 bridgehead atoms. The van der Waals surface area contributed by atoms with Crippen LogP contribution in [0.1, 0.15) is 41.0 Å². The molecular weight excluding hydrogens is 372 g/mol. The molecule has 3 amide bonds. The van der Waals surface area contributed by atoms with Crippen LogP contribution < -0.4 is 21.7 Å². The lowest BCUT2D eigenvalue weighted by Gasteiger charge is -2.23. The van der Waals surface area contributed by atoms with Crippen molar-refractivity contribution in [1.29, 1.82) is 0 Å². The summed E-state index contributed by atoms with van der Waals surface area (Å²) >= 11 is 4.04. The molecule has 0 unspecified atom stereocenters. The van der Waals surface area contributed by atoms with Gasteiger partial charge in [-0.25, -0.2) is 4.79 Å². The number of hydrogen-bond acceptors (Lipinski definition) is 6. The van der Waals surface area contributed by atoms with Crippen molar-refractivity contribution in [2.75, 3.05) is 5.75 Å². The normalized spacial score (nSPS) is 15.6. The van der Waals surface area contributed by atoms with E-state index in [1.165, 1.54) is 6.92 Å². The van der Waals surface area contributed by atoms with Crippen molar-refractivity contribution in [1.82, 2.24) is 16.0 Å². The molecule has 0 aliphatic carbocycles. The molecule has 0 rings (SSSR count). The highest BCUT2D eigenvalue weighted by Gasteiger charge is 2.28. The lowest BCUT2D eigenvalue weighted by Crippen LogP contribution is -2.57. The smallest absolute Gasteiger partial charge is 0.326 e. The fourth-order valence-corrected chi connectivity index (χ4v) is 2.39. The second-order valence-corrected chi connectivity index (χ2v) is 7.64. The summed E-state index contributed by atoms with van der Waals surface area (Å²) in [5, 5.41) is 16.6. The van der Waals surface area contributed by atoms with Gasteiger partial charge in [0.2, 0.25) is 17.7 Å². The number of aliphatic carboxylic acids is 1. The third-order valence-corrected chi connectivity index (χ3v) is 4.28. The predicted molar refractivity (Wildman–Crippen MR) is 105 cm³/mol. The Morgan fingerprint density at radius 3 is 1.81 bits per heavy atom. The molecule has 0 radical (unpaired) electrons. The highest BCUT2D eigenvalue weighted by atomic mass is 32.1. The van der Waals surface area contributed by atoms with Gasteiger partial charge in [0.25, 0.3) is 0 Å². The number of nitrogens with two attached hydrogens (primary N) is 1. The van der Waals surface area contributed by atoms with E-state index in [0.717, 1.165) is 0 Å². The van der Waals surface area contributed by atoms with Gasteiger partial charge in [0.1, 0.15) is 18.1 Å². The van der Waals surface area contributed by atoms with Gasteiger partial charge in [-0.2, -0.15) is 12.6 Å². The first-order valence-corrected chi connectivity index (χ1v) is 9.54. The maximum atomic E-state index is 12.3. The molecule has 4 atom stereocenters. The Morgan fingerprint density at radius 2 is 1.41 bits per heavy atom. The van der Waals surface area contributed by atoms with Gasteiger partial charge in [0.05, 0.1) is 6.04 Å². The molecule has 0 saturated carbocycles. The minimum absolute atomic E-state index is 0.0300. The lowest BCUT2D eigenvalue weighted by atomic mass is 10.0. The van der Waals surface area contributed by atoms with E-state index < -0.39 is 47.9 Å². The minimum atomic E-state index is -1.15. The van der Waals surface area contributed by atoms with Crippen LogP contribution in [0.3, 0.4) is 0 Å². The van der Waals surface area contributed by atoms with Gasteiger partial charge in [-0.05, 0) is 25.2 Å². The third kappa shape index (κ3) is 9.09. The van der Waals surface area contributed by atoms with Gasteiger partial charge in [-0.1, -0.05) is 27.7 Å². The van der Waals surface area contributed by atoms with Crippen LogP contribution in [0.4, 0.5) is 0 Å². The zero-order valence-corrected chi connectivity index (χ0v) is 17.4. The molecule has 9 nitrogen and oxygen atoms in total. The Hall–Kier alpha value is -1.81. The average molecular weight is 405 g/mol. The van der Waals surface area contributed by atoms with E-state index in [2.05, 4.69) is 28.6 Å². The second kappa shape index (κ2) is 11.8. The van der Waals surface area contributed by atoms with Crippen molar-refractivity contribution >= 4 is 36.3 Å². The Bertz CT molecular complexity index is 541. The van der Waals surface area contributed by atoms with Crippen molar-refractivity contribution in [2.24, 2.45) is 17.6 Å². The van der Waals surface area contributed by atoms with E-state index >= 15 is 0 Å². The Kier molecular flexibility index (Phi) is 11.0. The van der Waals surface area contributed by atoms with E-state index in [0.29, 0.717) is 0 Å². The van der Waals surface area contributed by atoms with Crippen LogP contribution in [-0.2, 0) is 19.2 Å². The lowest BCUT2D eigenvalue weighted by molar-refractivity contribution is -0.142. The number of carbonyl (C=O) groups excluding carboxylic acids is 3. The monoisotopic (exact) mass is 404 g/mol. The van der Waals surface area contributed by atoms with Crippen molar-refractivity contribution < 1.29 is 24.3 Å². The van der Waals surface area contributed by atoms with Gasteiger partial charge in [0, 0.05) is 5.75 Å². The summed E-state index contributed by atoms with van der Waals surface area (Å²) in [4.78, 5) is 47.8. The van der Waals surface area contributed by atoms with Crippen molar-refractivity contribution in [3.63, 3.8) is 0 Å². The first kappa shape index (κ1) is 25.2. The maximum absolute atomic E-state index is 12.3. The van der Waals surface area contributed by atoms with Crippen LogP contribution >= 0.6 is 12.6 Å². The number of hydrogen-bond donors (Lipinski definition) is 6. The van der Waals surface area contributed by atoms with Gasteiger partial charge >= 0.3 is 5.97 Å². The van der Waals surface area contributed by atoms with Crippen molar-refractivity contribution in [2.45, 2.75) is 65.2 Å². The maximum Gasteiger partial charge on any atom is 0.326 e. The number of amides is 3. The van der Waals surface area contributed by atoms with E-state index in [1.54, 1.807) is 13.8 Å². The topological polar surface area (TPSA) is 151 Å². The summed E-state index contributed by atoms with van der Waals surface area (Å²) in [6, 6.07) is -3.76. The zero-order valence-electron chi connectivity index (χ0n) is 16.5. The van der Waals surface area contributed by atoms with Crippen LogP contribution in [0.15, 0.2) is 0 Å². The molecule has 156 valence electrons. The molecular formula is C17H32N4O5S. The summed E-state index contributed by atoms with van der Waals surface area (Å²) in [7, 11) is 0. The van der Waals surface area contributed by atoms with Gasteiger partial charge in [0.15, 0.2) is 0 Å². The van der Waals surface area contributed by atoms with E-state index in [1.807, 2.05) is 13.8 Å². The number of thiol groups is 1. The number of nitrogens with one attached hydrogen (secondary N) is 3. The summed E-state index contributed by atoms with van der Waals surface area (Å²) in [6.45, 7) is 8.71. The molecule has 0 aliphatic rings. The number of rotatable bonds is 11. The first-order valence-electron chi connectivity index (χ1n) is 8.91. The van der Waals surface area contributed by atoms with Crippen LogP contribution in [-0.4, -0.2) is 58.7 Å². The Balaban J connectivity index is 4.84. The molecule has 0 aliphatic heterocycles. The van der Waals surface area contributed by atoms with E-state index in [-0.39, 0.29) is 24.0 Å². The quantitative estimate of drug-likeness (QED) is 0.256. The Labute approximate surface area is 165 Å². The largest absolute Gasteiger partial charge is 0.480 e. The van der Waals surface area contributed by atoms with Crippen LogP contribution in [0.5, 0.6) is 0 Å². The SMILES string of the molecule is CC(C)C[C@H](NC(=O)[C@H](CS)NC(=O)[C@H](C)NC(=O)[C@@H](N)C(C)C)C(=O)O. The third-order valence-electron chi connectivity index (χ3n) is 3.91. The molecule has 6 N–H and O–H groups in total. The summed E-state index contributed by atoms with van der Waals surface area (Å²) < 4.78 is 0. The van der Waals surface area contributed by atoms with Crippen LogP contribution in [0.25, 0.3) is 0 Å². The van der Waals surface area contributed by atoms with Crippen molar-refractivity contribution in [3.8, 4) is 0 Å². The van der Waals surface area contributed by atoms with E-state index in [4.69, 9.17) is 5.73 Å². The minimum Gasteiger partial charge on any atom is -0.480 e.